The van der Waals surface area contributed by atoms with E-state index in [-0.39, 0.29) is 24.7 Å². The van der Waals surface area contributed by atoms with E-state index in [9.17, 15) is 9.59 Å². The van der Waals surface area contributed by atoms with Gasteiger partial charge in [-0.25, -0.2) is 0 Å². The molecule has 1 saturated heterocycles. The molecule has 0 spiro atoms. The number of carbonyl (C=O) groups excluding carboxylic acids is 2. The summed E-state index contributed by atoms with van der Waals surface area (Å²) in [5.74, 6) is -0.118. The summed E-state index contributed by atoms with van der Waals surface area (Å²) in [4.78, 5) is 24.2. The second kappa shape index (κ2) is 3.77. The van der Waals surface area contributed by atoms with Crippen molar-refractivity contribution in [1.82, 2.24) is 0 Å². The number of hydrogen-bond acceptors (Lipinski definition) is 2. The van der Waals surface area contributed by atoms with Gasteiger partial charge in [-0.3, -0.25) is 9.59 Å². The maximum atomic E-state index is 11.5. The molecule has 15 heavy (non-hydrogen) atoms. The van der Waals surface area contributed by atoms with Crippen molar-refractivity contribution in [3.05, 3.63) is 28.2 Å². The Morgan fingerprint density at radius 2 is 2.07 bits per heavy atom. The van der Waals surface area contributed by atoms with Gasteiger partial charge >= 0.3 is 0 Å². The van der Waals surface area contributed by atoms with E-state index in [0.717, 1.165) is 15.7 Å². The highest BCUT2D eigenvalue weighted by atomic mass is 79.9. The number of rotatable bonds is 1. The van der Waals surface area contributed by atoms with Crippen LogP contribution in [-0.4, -0.2) is 18.2 Å². The van der Waals surface area contributed by atoms with E-state index in [0.29, 0.717) is 0 Å². The summed E-state index contributed by atoms with van der Waals surface area (Å²) in [5, 5.41) is 0. The van der Waals surface area contributed by atoms with Crippen molar-refractivity contribution in [3.63, 3.8) is 0 Å². The number of benzene rings is 1. The molecule has 2 rings (SSSR count). The molecule has 0 radical (unpaired) electrons. The van der Waals surface area contributed by atoms with E-state index in [1.54, 1.807) is 4.90 Å². The molecule has 0 aliphatic carbocycles. The smallest absolute Gasteiger partial charge is 0.234 e. The van der Waals surface area contributed by atoms with Crippen LogP contribution in [0.5, 0.6) is 0 Å². The lowest BCUT2D eigenvalue weighted by molar-refractivity contribution is -0.121. The van der Waals surface area contributed by atoms with Crippen LogP contribution in [0.15, 0.2) is 22.7 Å². The Labute approximate surface area is 96.2 Å². The van der Waals surface area contributed by atoms with Crippen LogP contribution in [0, 0.1) is 6.92 Å². The van der Waals surface area contributed by atoms with Crippen molar-refractivity contribution >= 4 is 33.3 Å². The Kier molecular flexibility index (Phi) is 2.61. The molecule has 0 saturated carbocycles. The minimum atomic E-state index is -0.106. The SMILES string of the molecule is Cc1cc(Br)ccc1N1CC(=O)CC1=O. The normalized spacial score (nSPS) is 16.3. The van der Waals surface area contributed by atoms with Crippen molar-refractivity contribution in [2.75, 3.05) is 11.4 Å². The third-order valence-electron chi connectivity index (χ3n) is 2.43. The maximum Gasteiger partial charge on any atom is 0.234 e. The number of Topliss-reactive ketones (excluding diaryl/α,β-unsaturated/α-hetero) is 1. The second-order valence-electron chi connectivity index (χ2n) is 3.63. The Morgan fingerprint density at radius 1 is 1.33 bits per heavy atom. The summed E-state index contributed by atoms with van der Waals surface area (Å²) in [5.41, 5.74) is 1.82. The molecule has 1 amide bonds. The molecule has 78 valence electrons. The van der Waals surface area contributed by atoms with Gasteiger partial charge in [-0.1, -0.05) is 15.9 Å². The van der Waals surface area contributed by atoms with Crippen LogP contribution in [-0.2, 0) is 9.59 Å². The van der Waals surface area contributed by atoms with Crippen LogP contribution in [0.2, 0.25) is 0 Å². The van der Waals surface area contributed by atoms with Crippen LogP contribution in [0.25, 0.3) is 0 Å². The Morgan fingerprint density at radius 3 is 2.60 bits per heavy atom. The molecule has 0 aromatic heterocycles. The molecule has 1 aliphatic heterocycles. The quantitative estimate of drug-likeness (QED) is 0.731. The van der Waals surface area contributed by atoms with Gasteiger partial charge < -0.3 is 4.90 Å². The summed E-state index contributed by atoms with van der Waals surface area (Å²) in [6, 6.07) is 5.67. The molecular weight excluding hydrogens is 258 g/mol. The Balaban J connectivity index is 2.38. The number of anilines is 1. The number of halogens is 1. The lowest BCUT2D eigenvalue weighted by Crippen LogP contribution is -2.25. The van der Waals surface area contributed by atoms with Gasteiger partial charge in [0.25, 0.3) is 0 Å². The third kappa shape index (κ3) is 1.95. The molecule has 1 aromatic rings. The molecule has 1 fully saturated rings. The number of aryl methyl sites for hydroxylation is 1. The highest BCUT2D eigenvalue weighted by Crippen LogP contribution is 2.26. The molecule has 0 N–H and O–H groups in total. The zero-order valence-corrected chi connectivity index (χ0v) is 9.87. The molecule has 0 bridgehead atoms. The molecule has 4 heteroatoms. The monoisotopic (exact) mass is 267 g/mol. The summed E-state index contributed by atoms with van der Waals surface area (Å²) in [7, 11) is 0. The van der Waals surface area contributed by atoms with Gasteiger partial charge in [0.2, 0.25) is 5.91 Å². The standard InChI is InChI=1S/C11H10BrNO2/c1-7-4-8(12)2-3-10(7)13-6-9(14)5-11(13)15/h2-4H,5-6H2,1H3. The first-order chi connectivity index (χ1) is 7.08. The lowest BCUT2D eigenvalue weighted by atomic mass is 10.2. The largest absolute Gasteiger partial charge is 0.304 e. The summed E-state index contributed by atoms with van der Waals surface area (Å²) >= 11 is 3.36. The fraction of sp³-hybridized carbons (Fsp3) is 0.273. The van der Waals surface area contributed by atoms with Crippen LogP contribution >= 0.6 is 15.9 Å². The molecule has 1 heterocycles. The highest BCUT2D eigenvalue weighted by Gasteiger charge is 2.29. The third-order valence-corrected chi connectivity index (χ3v) is 2.93. The molecule has 3 nitrogen and oxygen atoms in total. The van der Waals surface area contributed by atoms with Gasteiger partial charge in [-0.15, -0.1) is 0 Å². The predicted octanol–water partition coefficient (Wildman–Crippen LogP) is 2.06. The van der Waals surface area contributed by atoms with Crippen LogP contribution in [0.1, 0.15) is 12.0 Å². The van der Waals surface area contributed by atoms with E-state index >= 15 is 0 Å². The highest BCUT2D eigenvalue weighted by molar-refractivity contribution is 9.10. The topological polar surface area (TPSA) is 37.4 Å². The van der Waals surface area contributed by atoms with Crippen molar-refractivity contribution < 1.29 is 9.59 Å². The number of ketones is 1. The van der Waals surface area contributed by atoms with Crippen molar-refractivity contribution in [2.45, 2.75) is 13.3 Å². The summed E-state index contributed by atoms with van der Waals surface area (Å²) < 4.78 is 0.974. The lowest BCUT2D eigenvalue weighted by Gasteiger charge is -2.17. The average Bonchev–Trinajstić information content (AvgIpc) is 2.45. The minimum absolute atomic E-state index is 0.0117. The average molecular weight is 268 g/mol. The van der Waals surface area contributed by atoms with E-state index in [2.05, 4.69) is 15.9 Å². The fourth-order valence-electron chi connectivity index (χ4n) is 1.73. The van der Waals surface area contributed by atoms with Gasteiger partial charge in [0.15, 0.2) is 5.78 Å². The number of nitrogens with zero attached hydrogens (tertiary/aromatic N) is 1. The Bertz CT molecular complexity index is 442. The number of hydrogen-bond donors (Lipinski definition) is 0. The van der Waals surface area contributed by atoms with Crippen LogP contribution < -0.4 is 4.90 Å². The van der Waals surface area contributed by atoms with Crippen molar-refractivity contribution in [1.29, 1.82) is 0 Å². The molecular formula is C11H10BrNO2. The fourth-order valence-corrected chi connectivity index (χ4v) is 2.20. The van der Waals surface area contributed by atoms with Gasteiger partial charge in [0, 0.05) is 10.2 Å². The number of amides is 1. The second-order valence-corrected chi connectivity index (χ2v) is 4.54. The summed E-state index contributed by atoms with van der Waals surface area (Å²) in [6.45, 7) is 2.14. The molecule has 1 aliphatic rings. The van der Waals surface area contributed by atoms with Gasteiger partial charge in [0.05, 0.1) is 13.0 Å². The molecule has 0 atom stereocenters. The van der Waals surface area contributed by atoms with E-state index < -0.39 is 0 Å². The zero-order valence-electron chi connectivity index (χ0n) is 8.29. The zero-order chi connectivity index (χ0) is 11.0. The van der Waals surface area contributed by atoms with E-state index in [1.165, 1.54) is 0 Å². The van der Waals surface area contributed by atoms with Crippen LogP contribution in [0.4, 0.5) is 5.69 Å². The molecule has 1 aromatic carbocycles. The van der Waals surface area contributed by atoms with Gasteiger partial charge in [-0.2, -0.15) is 0 Å². The van der Waals surface area contributed by atoms with Gasteiger partial charge in [0.1, 0.15) is 0 Å². The Hall–Kier alpha value is -1.16. The minimum Gasteiger partial charge on any atom is -0.304 e. The van der Waals surface area contributed by atoms with Crippen molar-refractivity contribution in [2.24, 2.45) is 0 Å². The van der Waals surface area contributed by atoms with Crippen LogP contribution in [0.3, 0.4) is 0 Å². The maximum absolute atomic E-state index is 11.5. The number of carbonyl (C=O) groups is 2. The first-order valence-corrected chi connectivity index (χ1v) is 5.45. The van der Waals surface area contributed by atoms with Gasteiger partial charge in [-0.05, 0) is 30.7 Å². The van der Waals surface area contributed by atoms with Crippen molar-refractivity contribution in [3.8, 4) is 0 Å². The molecule has 0 unspecified atom stereocenters. The van der Waals surface area contributed by atoms with E-state index in [4.69, 9.17) is 0 Å². The summed E-state index contributed by atoms with van der Waals surface area (Å²) in [6.07, 6.45) is 0.0372. The predicted molar refractivity (Wildman–Crippen MR) is 60.9 cm³/mol. The first-order valence-electron chi connectivity index (χ1n) is 4.66. The van der Waals surface area contributed by atoms with E-state index in [1.807, 2.05) is 25.1 Å². The first kappa shape index (κ1) is 10.4.